The minimum Gasteiger partial charge on any atom is -0.296 e. The standard InChI is InChI=1S/C9H14NO3P/c1-8-4-6-9(7-5-8)10-14(11,12-2)13-3/h4-7H,1-3H3,(H,10,11). The van der Waals surface area contributed by atoms with Gasteiger partial charge in [-0.05, 0) is 19.1 Å². The fourth-order valence-electron chi connectivity index (χ4n) is 0.952. The van der Waals surface area contributed by atoms with Crippen LogP contribution in [0.15, 0.2) is 24.3 Å². The van der Waals surface area contributed by atoms with Gasteiger partial charge in [-0.3, -0.25) is 14.1 Å². The van der Waals surface area contributed by atoms with E-state index in [0.29, 0.717) is 5.69 Å². The van der Waals surface area contributed by atoms with Gasteiger partial charge in [0.15, 0.2) is 0 Å². The van der Waals surface area contributed by atoms with Crippen LogP contribution in [-0.2, 0) is 13.6 Å². The molecule has 1 aromatic carbocycles. The lowest BCUT2D eigenvalue weighted by Crippen LogP contribution is -2.00. The number of hydrogen-bond acceptors (Lipinski definition) is 3. The third-order valence-electron chi connectivity index (χ3n) is 1.80. The first kappa shape index (κ1) is 11.2. The Labute approximate surface area is 83.8 Å². The summed E-state index contributed by atoms with van der Waals surface area (Å²) in [5.74, 6) is 0. The van der Waals surface area contributed by atoms with E-state index in [0.717, 1.165) is 5.56 Å². The molecule has 0 aliphatic heterocycles. The van der Waals surface area contributed by atoms with Crippen LogP contribution in [0.4, 0.5) is 5.69 Å². The van der Waals surface area contributed by atoms with Gasteiger partial charge in [-0.25, -0.2) is 4.57 Å². The van der Waals surface area contributed by atoms with Crippen molar-refractivity contribution in [2.45, 2.75) is 6.92 Å². The summed E-state index contributed by atoms with van der Waals surface area (Å²) in [7, 11) is -0.491. The van der Waals surface area contributed by atoms with E-state index in [2.05, 4.69) is 5.09 Å². The number of hydrogen-bond donors (Lipinski definition) is 1. The topological polar surface area (TPSA) is 47.6 Å². The highest BCUT2D eigenvalue weighted by molar-refractivity contribution is 7.55. The van der Waals surface area contributed by atoms with E-state index in [1.54, 1.807) is 0 Å². The summed E-state index contributed by atoms with van der Waals surface area (Å²) in [6.45, 7) is 1.98. The Hall–Kier alpha value is -0.830. The van der Waals surface area contributed by atoms with E-state index < -0.39 is 7.75 Å². The van der Waals surface area contributed by atoms with Crippen LogP contribution < -0.4 is 5.09 Å². The Balaban J connectivity index is 2.78. The molecule has 0 atom stereocenters. The van der Waals surface area contributed by atoms with Crippen LogP contribution in [0.3, 0.4) is 0 Å². The molecular formula is C9H14NO3P. The van der Waals surface area contributed by atoms with Gasteiger partial charge in [0, 0.05) is 19.9 Å². The van der Waals surface area contributed by atoms with Gasteiger partial charge >= 0.3 is 7.75 Å². The van der Waals surface area contributed by atoms with Crippen molar-refractivity contribution in [3.05, 3.63) is 29.8 Å². The highest BCUT2D eigenvalue weighted by atomic mass is 31.2. The SMILES string of the molecule is COP(=O)(Nc1ccc(C)cc1)OC. The second-order valence-corrected chi connectivity index (χ2v) is 4.79. The Kier molecular flexibility index (Phi) is 3.69. The molecule has 78 valence electrons. The van der Waals surface area contributed by atoms with E-state index in [1.807, 2.05) is 31.2 Å². The maximum atomic E-state index is 11.6. The molecule has 5 heteroatoms. The van der Waals surface area contributed by atoms with Crippen molar-refractivity contribution in [1.29, 1.82) is 0 Å². The Morgan fingerprint density at radius 1 is 1.14 bits per heavy atom. The zero-order valence-electron chi connectivity index (χ0n) is 8.48. The highest BCUT2D eigenvalue weighted by Crippen LogP contribution is 2.45. The Morgan fingerprint density at radius 3 is 2.07 bits per heavy atom. The van der Waals surface area contributed by atoms with E-state index in [-0.39, 0.29) is 0 Å². The van der Waals surface area contributed by atoms with E-state index in [1.165, 1.54) is 14.2 Å². The number of aryl methyl sites for hydroxylation is 1. The molecular weight excluding hydrogens is 201 g/mol. The van der Waals surface area contributed by atoms with Crippen molar-refractivity contribution >= 4 is 13.4 Å². The molecule has 1 aromatic rings. The van der Waals surface area contributed by atoms with Gasteiger partial charge in [0.1, 0.15) is 0 Å². The second-order valence-electron chi connectivity index (χ2n) is 2.84. The zero-order chi connectivity index (χ0) is 10.6. The molecule has 0 amide bonds. The van der Waals surface area contributed by atoms with Crippen LogP contribution in [-0.4, -0.2) is 14.2 Å². The van der Waals surface area contributed by atoms with E-state index in [4.69, 9.17) is 9.05 Å². The monoisotopic (exact) mass is 215 g/mol. The summed E-state index contributed by atoms with van der Waals surface area (Å²) < 4.78 is 21.1. The molecule has 0 aliphatic rings. The molecule has 0 fully saturated rings. The third kappa shape index (κ3) is 2.84. The van der Waals surface area contributed by atoms with Crippen LogP contribution in [0.1, 0.15) is 5.56 Å². The largest absolute Gasteiger partial charge is 0.432 e. The predicted octanol–water partition coefficient (Wildman–Crippen LogP) is 2.81. The summed E-state index contributed by atoms with van der Waals surface area (Å²) in [5, 5.41) is 2.69. The van der Waals surface area contributed by atoms with Gasteiger partial charge in [-0.1, -0.05) is 17.7 Å². The van der Waals surface area contributed by atoms with Gasteiger partial charge < -0.3 is 0 Å². The quantitative estimate of drug-likeness (QED) is 0.784. The smallest absolute Gasteiger partial charge is 0.296 e. The molecule has 0 unspecified atom stereocenters. The summed E-state index contributed by atoms with van der Waals surface area (Å²) in [4.78, 5) is 0. The highest BCUT2D eigenvalue weighted by Gasteiger charge is 2.20. The molecule has 0 saturated heterocycles. The molecule has 1 N–H and O–H groups in total. The van der Waals surface area contributed by atoms with Gasteiger partial charge in [0.2, 0.25) is 0 Å². The maximum Gasteiger partial charge on any atom is 0.432 e. The predicted molar refractivity (Wildman–Crippen MR) is 56.4 cm³/mol. The molecule has 4 nitrogen and oxygen atoms in total. The lowest BCUT2D eigenvalue weighted by molar-refractivity contribution is 0.281. The molecule has 0 aliphatic carbocycles. The fourth-order valence-corrected chi connectivity index (χ4v) is 1.75. The maximum absolute atomic E-state index is 11.6. The van der Waals surface area contributed by atoms with Gasteiger partial charge in [-0.2, -0.15) is 0 Å². The average molecular weight is 215 g/mol. The van der Waals surface area contributed by atoms with Crippen LogP contribution >= 0.6 is 7.75 Å². The number of nitrogens with one attached hydrogen (secondary N) is 1. The first-order valence-electron chi connectivity index (χ1n) is 4.16. The van der Waals surface area contributed by atoms with Crippen LogP contribution in [0.25, 0.3) is 0 Å². The van der Waals surface area contributed by atoms with Crippen LogP contribution in [0.2, 0.25) is 0 Å². The summed E-state index contributed by atoms with van der Waals surface area (Å²) in [6, 6.07) is 7.47. The molecule has 0 spiro atoms. The number of anilines is 1. The summed E-state index contributed by atoms with van der Waals surface area (Å²) >= 11 is 0. The minimum absolute atomic E-state index is 0.711. The van der Waals surface area contributed by atoms with Crippen molar-refractivity contribution < 1.29 is 13.6 Å². The molecule has 14 heavy (non-hydrogen) atoms. The van der Waals surface area contributed by atoms with Crippen molar-refractivity contribution in [3.63, 3.8) is 0 Å². The second kappa shape index (κ2) is 4.60. The van der Waals surface area contributed by atoms with Crippen molar-refractivity contribution in [2.75, 3.05) is 19.3 Å². The van der Waals surface area contributed by atoms with Crippen molar-refractivity contribution in [3.8, 4) is 0 Å². The molecule has 0 aromatic heterocycles. The van der Waals surface area contributed by atoms with Crippen LogP contribution in [0, 0.1) is 6.92 Å². The lowest BCUT2D eigenvalue weighted by Gasteiger charge is -2.15. The first-order chi connectivity index (χ1) is 6.59. The van der Waals surface area contributed by atoms with E-state index >= 15 is 0 Å². The number of benzene rings is 1. The first-order valence-corrected chi connectivity index (χ1v) is 5.70. The number of rotatable bonds is 4. The van der Waals surface area contributed by atoms with Crippen molar-refractivity contribution in [2.24, 2.45) is 0 Å². The summed E-state index contributed by atoms with van der Waals surface area (Å²) in [5.41, 5.74) is 1.85. The van der Waals surface area contributed by atoms with E-state index in [9.17, 15) is 4.57 Å². The molecule has 0 saturated carbocycles. The minimum atomic E-state index is -3.17. The fraction of sp³-hybridized carbons (Fsp3) is 0.333. The Bertz CT molecular complexity index is 328. The third-order valence-corrected chi connectivity index (χ3v) is 3.29. The normalized spacial score (nSPS) is 11.4. The summed E-state index contributed by atoms with van der Waals surface area (Å²) in [6.07, 6.45) is 0. The van der Waals surface area contributed by atoms with Crippen LogP contribution in [0.5, 0.6) is 0 Å². The van der Waals surface area contributed by atoms with Gasteiger partial charge in [-0.15, -0.1) is 0 Å². The molecule has 0 heterocycles. The Morgan fingerprint density at radius 2 is 1.64 bits per heavy atom. The average Bonchev–Trinajstić information content (AvgIpc) is 2.21. The lowest BCUT2D eigenvalue weighted by atomic mass is 10.2. The molecule has 0 radical (unpaired) electrons. The molecule has 1 rings (SSSR count). The zero-order valence-corrected chi connectivity index (χ0v) is 9.38. The van der Waals surface area contributed by atoms with Crippen molar-refractivity contribution in [1.82, 2.24) is 0 Å². The van der Waals surface area contributed by atoms with Gasteiger partial charge in [0.05, 0.1) is 0 Å². The molecule has 0 bridgehead atoms. The van der Waals surface area contributed by atoms with Gasteiger partial charge in [0.25, 0.3) is 0 Å².